The number of halogens is 1. The number of amides is 1. The Balaban J connectivity index is 1.84. The van der Waals surface area contributed by atoms with E-state index in [1.54, 1.807) is 12.1 Å². The lowest BCUT2D eigenvalue weighted by Gasteiger charge is -2.11. The van der Waals surface area contributed by atoms with Crippen LogP contribution in [0.4, 0.5) is 5.69 Å². The van der Waals surface area contributed by atoms with Crippen molar-refractivity contribution in [2.75, 3.05) is 12.4 Å². The van der Waals surface area contributed by atoms with Crippen molar-refractivity contribution in [3.8, 4) is 23.1 Å². The second-order valence-electron chi connectivity index (χ2n) is 5.86. The number of hydrogen-bond donors (Lipinski definition) is 1. The lowest BCUT2D eigenvalue weighted by Crippen LogP contribution is -2.14. The van der Waals surface area contributed by atoms with Gasteiger partial charge in [0.25, 0.3) is 5.91 Å². The second-order valence-corrected chi connectivity index (χ2v) is 7.16. The molecule has 1 aromatic heterocycles. The molecule has 1 amide bonds. The topological polar surface area (TPSA) is 75.0 Å². The molecule has 3 aromatic rings. The van der Waals surface area contributed by atoms with Gasteiger partial charge >= 0.3 is 0 Å². The highest BCUT2D eigenvalue weighted by Gasteiger charge is 2.15. The van der Waals surface area contributed by atoms with Gasteiger partial charge in [0.1, 0.15) is 22.4 Å². The van der Waals surface area contributed by atoms with Crippen molar-refractivity contribution in [1.82, 2.24) is 4.98 Å². The largest absolute Gasteiger partial charge is 0.495 e. The van der Waals surface area contributed by atoms with Crippen LogP contribution >= 0.6 is 22.9 Å². The molecule has 5 nitrogen and oxygen atoms in total. The minimum atomic E-state index is -0.543. The Morgan fingerprint density at radius 2 is 2.07 bits per heavy atom. The molecule has 0 aliphatic rings. The molecular weight excluding hydrogens is 394 g/mol. The van der Waals surface area contributed by atoms with Crippen LogP contribution in [0, 0.1) is 18.3 Å². The smallest absolute Gasteiger partial charge is 0.266 e. The summed E-state index contributed by atoms with van der Waals surface area (Å²) in [5.74, 6) is -0.124. The van der Waals surface area contributed by atoms with E-state index < -0.39 is 5.91 Å². The van der Waals surface area contributed by atoms with Crippen LogP contribution in [0.2, 0.25) is 5.02 Å². The fourth-order valence-electron chi connectivity index (χ4n) is 2.49. The summed E-state index contributed by atoms with van der Waals surface area (Å²) in [5, 5.41) is 15.1. The number of nitrogens with one attached hydrogen (secondary N) is 1. The van der Waals surface area contributed by atoms with Crippen LogP contribution in [0.3, 0.4) is 0 Å². The first kappa shape index (κ1) is 19.6. The van der Waals surface area contributed by atoms with Gasteiger partial charge in [-0.1, -0.05) is 41.9 Å². The molecule has 28 heavy (non-hydrogen) atoms. The minimum absolute atomic E-state index is 0.0522. The van der Waals surface area contributed by atoms with Crippen LogP contribution in [-0.4, -0.2) is 18.0 Å². The Hall–Kier alpha value is -3.14. The number of aryl methyl sites for hydroxylation is 1. The van der Waals surface area contributed by atoms with E-state index in [0.29, 0.717) is 21.5 Å². The van der Waals surface area contributed by atoms with Crippen LogP contribution in [0.15, 0.2) is 53.4 Å². The molecule has 0 fully saturated rings. The van der Waals surface area contributed by atoms with Gasteiger partial charge in [0.05, 0.1) is 18.5 Å². The van der Waals surface area contributed by atoms with E-state index in [4.69, 9.17) is 16.3 Å². The maximum absolute atomic E-state index is 12.6. The summed E-state index contributed by atoms with van der Waals surface area (Å²) < 4.78 is 5.25. The minimum Gasteiger partial charge on any atom is -0.495 e. The molecule has 0 atom stereocenters. The van der Waals surface area contributed by atoms with Gasteiger partial charge in [-0.25, -0.2) is 4.98 Å². The third-order valence-electron chi connectivity index (χ3n) is 3.95. The summed E-state index contributed by atoms with van der Waals surface area (Å²) in [5.41, 5.74) is 2.95. The van der Waals surface area contributed by atoms with Crippen LogP contribution in [0.5, 0.6) is 5.75 Å². The highest BCUT2D eigenvalue weighted by atomic mass is 35.5. The lowest BCUT2D eigenvalue weighted by molar-refractivity contribution is -0.112. The number of carbonyl (C=O) groups excluding carboxylic acids is 1. The zero-order chi connectivity index (χ0) is 20.1. The first-order valence-electron chi connectivity index (χ1n) is 8.30. The predicted octanol–water partition coefficient (Wildman–Crippen LogP) is 5.33. The summed E-state index contributed by atoms with van der Waals surface area (Å²) >= 11 is 7.45. The van der Waals surface area contributed by atoms with Crippen LogP contribution < -0.4 is 10.1 Å². The van der Waals surface area contributed by atoms with E-state index in [9.17, 15) is 10.1 Å². The van der Waals surface area contributed by atoms with E-state index in [2.05, 4.69) is 10.3 Å². The molecule has 2 aromatic carbocycles. The van der Waals surface area contributed by atoms with Gasteiger partial charge in [-0.15, -0.1) is 11.3 Å². The number of benzene rings is 2. The third-order valence-corrected chi connectivity index (χ3v) is 5.15. The molecule has 0 aliphatic carbocycles. The SMILES string of the molecule is COc1cc(Cl)c(C)cc1NC(=O)C(C#N)=Cc1nc(-c2ccccc2)cs1. The van der Waals surface area contributed by atoms with Gasteiger partial charge < -0.3 is 10.1 Å². The number of nitriles is 1. The molecule has 0 aliphatic heterocycles. The number of rotatable bonds is 5. The van der Waals surface area contributed by atoms with Crippen LogP contribution in [-0.2, 0) is 4.79 Å². The van der Waals surface area contributed by atoms with E-state index in [0.717, 1.165) is 16.8 Å². The predicted molar refractivity (Wildman–Crippen MR) is 113 cm³/mol. The number of anilines is 1. The van der Waals surface area contributed by atoms with Crippen molar-refractivity contribution >= 4 is 40.6 Å². The van der Waals surface area contributed by atoms with Crippen molar-refractivity contribution in [2.24, 2.45) is 0 Å². The van der Waals surface area contributed by atoms with Crippen molar-refractivity contribution in [1.29, 1.82) is 5.26 Å². The Labute approximate surface area is 171 Å². The van der Waals surface area contributed by atoms with Gasteiger partial charge in [0.2, 0.25) is 0 Å². The number of nitrogens with zero attached hydrogens (tertiary/aromatic N) is 2. The molecule has 0 spiro atoms. The Morgan fingerprint density at radius 3 is 2.75 bits per heavy atom. The zero-order valence-electron chi connectivity index (χ0n) is 15.2. The van der Waals surface area contributed by atoms with Gasteiger partial charge in [-0.05, 0) is 24.6 Å². The highest BCUT2D eigenvalue weighted by molar-refractivity contribution is 7.10. The van der Waals surface area contributed by atoms with Crippen LogP contribution in [0.1, 0.15) is 10.6 Å². The fourth-order valence-corrected chi connectivity index (χ4v) is 3.40. The van der Waals surface area contributed by atoms with E-state index in [1.807, 2.05) is 48.7 Å². The first-order valence-corrected chi connectivity index (χ1v) is 9.56. The highest BCUT2D eigenvalue weighted by Crippen LogP contribution is 2.31. The van der Waals surface area contributed by atoms with Crippen molar-refractivity contribution in [3.63, 3.8) is 0 Å². The monoisotopic (exact) mass is 409 g/mol. The molecule has 0 radical (unpaired) electrons. The molecule has 0 saturated carbocycles. The third kappa shape index (κ3) is 4.39. The zero-order valence-corrected chi connectivity index (χ0v) is 16.8. The normalized spacial score (nSPS) is 11.0. The standard InChI is InChI=1S/C21H16ClN3O2S/c1-13-8-17(19(27-2)10-16(13)22)25-21(26)15(11-23)9-20-24-18(12-28-20)14-6-4-3-5-7-14/h3-10,12H,1-2H3,(H,25,26). The number of hydrogen-bond acceptors (Lipinski definition) is 5. The second kappa shape index (κ2) is 8.70. The molecule has 0 unspecified atom stereocenters. The Morgan fingerprint density at radius 1 is 1.32 bits per heavy atom. The molecule has 0 saturated heterocycles. The van der Waals surface area contributed by atoms with Gasteiger partial charge in [0.15, 0.2) is 0 Å². The molecule has 1 N–H and O–H groups in total. The van der Waals surface area contributed by atoms with Crippen molar-refractivity contribution < 1.29 is 9.53 Å². The summed E-state index contributed by atoms with van der Waals surface area (Å²) in [6.07, 6.45) is 1.47. The lowest BCUT2D eigenvalue weighted by atomic mass is 10.2. The maximum Gasteiger partial charge on any atom is 0.266 e. The van der Waals surface area contributed by atoms with Crippen molar-refractivity contribution in [2.45, 2.75) is 6.92 Å². The number of methoxy groups -OCH3 is 1. The van der Waals surface area contributed by atoms with Crippen molar-refractivity contribution in [3.05, 3.63) is 69.0 Å². The Bertz CT molecular complexity index is 1080. The summed E-state index contributed by atoms with van der Waals surface area (Å²) in [7, 11) is 1.48. The molecule has 3 rings (SSSR count). The van der Waals surface area contributed by atoms with E-state index >= 15 is 0 Å². The molecule has 1 heterocycles. The number of ether oxygens (including phenoxy) is 1. The first-order chi connectivity index (χ1) is 13.5. The summed E-state index contributed by atoms with van der Waals surface area (Å²) in [6, 6.07) is 15.0. The number of aromatic nitrogens is 1. The summed E-state index contributed by atoms with van der Waals surface area (Å²) in [6.45, 7) is 1.82. The maximum atomic E-state index is 12.6. The van der Waals surface area contributed by atoms with Gasteiger partial charge in [0, 0.05) is 22.0 Å². The molecule has 0 bridgehead atoms. The molecular formula is C21H16ClN3O2S. The van der Waals surface area contributed by atoms with E-state index in [1.165, 1.54) is 24.5 Å². The fraction of sp³-hybridized carbons (Fsp3) is 0.0952. The van der Waals surface area contributed by atoms with Crippen LogP contribution in [0.25, 0.3) is 17.3 Å². The Kier molecular flexibility index (Phi) is 6.09. The molecule has 7 heteroatoms. The quantitative estimate of drug-likeness (QED) is 0.456. The van der Waals surface area contributed by atoms with Gasteiger partial charge in [-0.3, -0.25) is 4.79 Å². The summed E-state index contributed by atoms with van der Waals surface area (Å²) in [4.78, 5) is 17.1. The molecule has 140 valence electrons. The average Bonchev–Trinajstić information content (AvgIpc) is 3.18. The average molecular weight is 410 g/mol. The number of thiazole rings is 1. The van der Waals surface area contributed by atoms with Gasteiger partial charge in [-0.2, -0.15) is 5.26 Å². The van der Waals surface area contributed by atoms with E-state index in [-0.39, 0.29) is 5.57 Å². The number of carbonyl (C=O) groups is 1.